The molecular weight excluding hydrogens is 282 g/mol. The van der Waals surface area contributed by atoms with Gasteiger partial charge >= 0.3 is 0 Å². The fraction of sp³-hybridized carbons (Fsp3) is 0.429. The minimum atomic E-state index is -0.675. The van der Waals surface area contributed by atoms with Crippen molar-refractivity contribution in [2.75, 3.05) is 19.6 Å². The van der Waals surface area contributed by atoms with Gasteiger partial charge in [0.25, 0.3) is 0 Å². The molecule has 0 amide bonds. The number of likely N-dealkylation sites (tertiary alicyclic amines) is 1. The van der Waals surface area contributed by atoms with E-state index in [2.05, 4.69) is 53.4 Å². The number of benzene rings is 2. The van der Waals surface area contributed by atoms with Crippen molar-refractivity contribution in [2.45, 2.75) is 37.7 Å². The maximum absolute atomic E-state index is 11.4. The Balaban J connectivity index is 1.70. The zero-order valence-corrected chi connectivity index (χ0v) is 13.8. The van der Waals surface area contributed by atoms with Gasteiger partial charge in [0, 0.05) is 19.4 Å². The first-order valence-corrected chi connectivity index (χ1v) is 8.76. The predicted molar refractivity (Wildman–Crippen MR) is 95.5 cm³/mol. The van der Waals surface area contributed by atoms with E-state index in [0.717, 1.165) is 25.8 Å². The summed E-state index contributed by atoms with van der Waals surface area (Å²) in [4.78, 5) is 2.49. The monoisotopic (exact) mass is 309 g/mol. The van der Waals surface area contributed by atoms with Crippen LogP contribution in [0.5, 0.6) is 0 Å². The molecule has 0 atom stereocenters. The molecule has 0 radical (unpaired) electrons. The number of aliphatic hydroxyl groups is 1. The van der Waals surface area contributed by atoms with Gasteiger partial charge in [-0.05, 0) is 43.5 Å². The van der Waals surface area contributed by atoms with Crippen molar-refractivity contribution in [3.8, 4) is 0 Å². The summed E-state index contributed by atoms with van der Waals surface area (Å²) in [6.45, 7) is 3.37. The van der Waals surface area contributed by atoms with Crippen LogP contribution in [-0.4, -0.2) is 35.2 Å². The van der Waals surface area contributed by atoms with Gasteiger partial charge in [0.1, 0.15) is 0 Å². The van der Waals surface area contributed by atoms with Crippen molar-refractivity contribution >= 4 is 0 Å². The zero-order chi connectivity index (χ0) is 16.0. The van der Waals surface area contributed by atoms with Crippen LogP contribution in [0.1, 0.15) is 30.4 Å². The standard InChI is InChI=1S/C21H27NO/c23-21(13-16-22-14-7-8-15-22,17-19-9-3-1-4-10-19)18-20-11-5-2-6-12-20/h1-6,9-12,23H,7-8,13-18H2. The Kier molecular flexibility index (Phi) is 5.47. The van der Waals surface area contributed by atoms with Crippen molar-refractivity contribution < 1.29 is 5.11 Å². The van der Waals surface area contributed by atoms with Crippen LogP contribution in [-0.2, 0) is 12.8 Å². The molecule has 0 aromatic heterocycles. The van der Waals surface area contributed by atoms with Gasteiger partial charge < -0.3 is 10.0 Å². The Labute approximate surface area is 139 Å². The Hall–Kier alpha value is -1.64. The molecule has 0 aliphatic carbocycles. The number of hydrogen-bond donors (Lipinski definition) is 1. The van der Waals surface area contributed by atoms with Gasteiger partial charge in [-0.2, -0.15) is 0 Å². The third kappa shape index (κ3) is 4.92. The lowest BCUT2D eigenvalue weighted by atomic mass is 9.85. The predicted octanol–water partition coefficient (Wildman–Crippen LogP) is 3.69. The molecule has 1 saturated heterocycles. The summed E-state index contributed by atoms with van der Waals surface area (Å²) < 4.78 is 0. The highest BCUT2D eigenvalue weighted by Gasteiger charge is 2.28. The van der Waals surface area contributed by atoms with E-state index in [1.54, 1.807) is 0 Å². The summed E-state index contributed by atoms with van der Waals surface area (Å²) in [5, 5.41) is 11.4. The smallest absolute Gasteiger partial charge is 0.0740 e. The molecule has 2 heteroatoms. The van der Waals surface area contributed by atoms with Crippen LogP contribution in [0.15, 0.2) is 60.7 Å². The Morgan fingerprint density at radius 3 is 1.74 bits per heavy atom. The summed E-state index contributed by atoms with van der Waals surface area (Å²) in [6, 6.07) is 20.7. The maximum atomic E-state index is 11.4. The fourth-order valence-corrected chi connectivity index (χ4v) is 3.56. The molecule has 3 rings (SSSR count). The van der Waals surface area contributed by atoms with Gasteiger partial charge in [-0.1, -0.05) is 60.7 Å². The first-order valence-electron chi connectivity index (χ1n) is 8.76. The van der Waals surface area contributed by atoms with Crippen molar-refractivity contribution in [2.24, 2.45) is 0 Å². The van der Waals surface area contributed by atoms with Crippen LogP contribution >= 0.6 is 0 Å². The summed E-state index contributed by atoms with van der Waals surface area (Å²) in [6.07, 6.45) is 4.87. The average Bonchev–Trinajstić information content (AvgIpc) is 3.08. The lowest BCUT2D eigenvalue weighted by Crippen LogP contribution is -2.38. The van der Waals surface area contributed by atoms with Crippen molar-refractivity contribution in [1.29, 1.82) is 0 Å². The van der Waals surface area contributed by atoms with E-state index in [1.165, 1.54) is 37.1 Å². The molecule has 1 fully saturated rings. The lowest BCUT2D eigenvalue weighted by Gasteiger charge is -2.31. The third-order valence-electron chi connectivity index (χ3n) is 4.84. The molecule has 0 spiro atoms. The minimum Gasteiger partial charge on any atom is -0.389 e. The van der Waals surface area contributed by atoms with Crippen molar-refractivity contribution in [3.05, 3.63) is 71.8 Å². The fourth-order valence-electron chi connectivity index (χ4n) is 3.56. The van der Waals surface area contributed by atoms with E-state index >= 15 is 0 Å². The SMILES string of the molecule is OC(CCN1CCCC1)(Cc1ccccc1)Cc1ccccc1. The van der Waals surface area contributed by atoms with E-state index in [1.807, 2.05) is 12.1 Å². The molecule has 1 N–H and O–H groups in total. The van der Waals surface area contributed by atoms with Gasteiger partial charge in [-0.15, -0.1) is 0 Å². The molecule has 0 bridgehead atoms. The minimum absolute atomic E-state index is 0.675. The normalized spacial score (nSPS) is 15.9. The second kappa shape index (κ2) is 7.76. The van der Waals surface area contributed by atoms with E-state index < -0.39 is 5.60 Å². The molecule has 0 saturated carbocycles. The van der Waals surface area contributed by atoms with Gasteiger partial charge in [-0.3, -0.25) is 0 Å². The van der Waals surface area contributed by atoms with Crippen LogP contribution in [0, 0.1) is 0 Å². The second-order valence-corrected chi connectivity index (χ2v) is 6.85. The molecule has 1 heterocycles. The van der Waals surface area contributed by atoms with Crippen LogP contribution in [0.3, 0.4) is 0 Å². The average molecular weight is 309 g/mol. The van der Waals surface area contributed by atoms with E-state index in [9.17, 15) is 5.11 Å². The highest BCUT2D eigenvalue weighted by molar-refractivity contribution is 5.21. The molecule has 2 aromatic carbocycles. The summed E-state index contributed by atoms with van der Waals surface area (Å²) in [7, 11) is 0. The second-order valence-electron chi connectivity index (χ2n) is 6.85. The van der Waals surface area contributed by atoms with E-state index in [4.69, 9.17) is 0 Å². The van der Waals surface area contributed by atoms with Crippen LogP contribution in [0.4, 0.5) is 0 Å². The molecule has 122 valence electrons. The molecular formula is C21H27NO. The van der Waals surface area contributed by atoms with Crippen molar-refractivity contribution in [3.63, 3.8) is 0 Å². The Morgan fingerprint density at radius 1 is 0.783 bits per heavy atom. The first kappa shape index (κ1) is 16.2. The highest BCUT2D eigenvalue weighted by atomic mass is 16.3. The van der Waals surface area contributed by atoms with Gasteiger partial charge in [0.05, 0.1) is 5.60 Å². The molecule has 1 aliphatic heterocycles. The quantitative estimate of drug-likeness (QED) is 0.843. The Morgan fingerprint density at radius 2 is 1.26 bits per heavy atom. The van der Waals surface area contributed by atoms with E-state index in [-0.39, 0.29) is 0 Å². The maximum Gasteiger partial charge on any atom is 0.0740 e. The molecule has 2 aromatic rings. The van der Waals surface area contributed by atoms with Gasteiger partial charge in [0.15, 0.2) is 0 Å². The first-order chi connectivity index (χ1) is 11.2. The summed E-state index contributed by atoms with van der Waals surface area (Å²) in [5.74, 6) is 0. The number of hydrogen-bond acceptors (Lipinski definition) is 2. The van der Waals surface area contributed by atoms with Gasteiger partial charge in [0.2, 0.25) is 0 Å². The van der Waals surface area contributed by atoms with Crippen LogP contribution in [0.2, 0.25) is 0 Å². The van der Waals surface area contributed by atoms with Crippen LogP contribution in [0.25, 0.3) is 0 Å². The molecule has 23 heavy (non-hydrogen) atoms. The zero-order valence-electron chi connectivity index (χ0n) is 13.8. The van der Waals surface area contributed by atoms with Crippen molar-refractivity contribution in [1.82, 2.24) is 4.90 Å². The summed E-state index contributed by atoms with van der Waals surface area (Å²) in [5.41, 5.74) is 1.75. The molecule has 0 unspecified atom stereocenters. The third-order valence-corrected chi connectivity index (χ3v) is 4.84. The van der Waals surface area contributed by atoms with Gasteiger partial charge in [-0.25, -0.2) is 0 Å². The highest BCUT2D eigenvalue weighted by Crippen LogP contribution is 2.24. The van der Waals surface area contributed by atoms with E-state index in [0.29, 0.717) is 0 Å². The lowest BCUT2D eigenvalue weighted by molar-refractivity contribution is 0.0237. The topological polar surface area (TPSA) is 23.5 Å². The number of nitrogens with zero attached hydrogens (tertiary/aromatic N) is 1. The largest absolute Gasteiger partial charge is 0.389 e. The molecule has 2 nitrogen and oxygen atoms in total. The van der Waals surface area contributed by atoms with Crippen LogP contribution < -0.4 is 0 Å². The number of rotatable bonds is 7. The molecule has 1 aliphatic rings. The Bertz CT molecular complexity index is 534. The summed E-state index contributed by atoms with van der Waals surface area (Å²) >= 11 is 0.